The molecule has 0 spiro atoms. The van der Waals surface area contributed by atoms with Gasteiger partial charge in [0.1, 0.15) is 12.0 Å². The lowest BCUT2D eigenvalue weighted by atomic mass is 9.91. The summed E-state index contributed by atoms with van der Waals surface area (Å²) in [5.41, 5.74) is 0.939. The zero-order valence-electron chi connectivity index (χ0n) is 8.18. The van der Waals surface area contributed by atoms with Gasteiger partial charge in [0.2, 0.25) is 0 Å². The second kappa shape index (κ2) is 3.65. The van der Waals surface area contributed by atoms with Crippen molar-refractivity contribution in [2.24, 2.45) is 0 Å². The minimum absolute atomic E-state index is 0.252. The van der Waals surface area contributed by atoms with Crippen LogP contribution in [0.15, 0.2) is 33.9 Å². The van der Waals surface area contributed by atoms with Crippen LogP contribution in [0.4, 0.5) is 0 Å². The highest BCUT2D eigenvalue weighted by atomic mass is 16.5. The summed E-state index contributed by atoms with van der Waals surface area (Å²) >= 11 is 0. The fourth-order valence-corrected chi connectivity index (χ4v) is 1.41. The third kappa shape index (κ3) is 1.55. The number of nitrogens with zero attached hydrogens (tertiary/aromatic N) is 2. The fourth-order valence-electron chi connectivity index (χ4n) is 1.41. The molecule has 14 heavy (non-hydrogen) atoms. The van der Waals surface area contributed by atoms with Gasteiger partial charge in [0, 0.05) is 17.9 Å². The standard InChI is InChI=1S/C10H12N2O2/c1-7(9-3-4-14-12-9)8(2)10-5-11-6-13-10/h3-8H,1-2H3. The molecule has 0 aliphatic rings. The van der Waals surface area contributed by atoms with Gasteiger partial charge in [-0.25, -0.2) is 4.98 Å². The van der Waals surface area contributed by atoms with Gasteiger partial charge in [-0.1, -0.05) is 19.0 Å². The third-order valence-electron chi connectivity index (χ3n) is 2.57. The van der Waals surface area contributed by atoms with E-state index in [4.69, 9.17) is 8.94 Å². The van der Waals surface area contributed by atoms with Crippen molar-refractivity contribution in [3.8, 4) is 0 Å². The Hall–Kier alpha value is -1.58. The highest BCUT2D eigenvalue weighted by Gasteiger charge is 2.20. The van der Waals surface area contributed by atoms with Crippen LogP contribution in [-0.4, -0.2) is 10.1 Å². The summed E-state index contributed by atoms with van der Waals surface area (Å²) in [7, 11) is 0. The summed E-state index contributed by atoms with van der Waals surface area (Å²) < 4.78 is 10.1. The normalized spacial score (nSPS) is 15.3. The van der Waals surface area contributed by atoms with E-state index in [0.29, 0.717) is 0 Å². The van der Waals surface area contributed by atoms with Crippen molar-refractivity contribution in [3.63, 3.8) is 0 Å². The fraction of sp³-hybridized carbons (Fsp3) is 0.400. The van der Waals surface area contributed by atoms with E-state index in [0.717, 1.165) is 11.5 Å². The van der Waals surface area contributed by atoms with E-state index in [9.17, 15) is 0 Å². The molecule has 0 N–H and O–H groups in total. The Morgan fingerprint density at radius 3 is 2.71 bits per heavy atom. The Balaban J connectivity index is 2.16. The minimum Gasteiger partial charge on any atom is -0.448 e. The molecule has 0 aliphatic heterocycles. The van der Waals surface area contributed by atoms with Crippen molar-refractivity contribution in [1.29, 1.82) is 0 Å². The topological polar surface area (TPSA) is 52.1 Å². The third-order valence-corrected chi connectivity index (χ3v) is 2.57. The molecule has 4 heteroatoms. The smallest absolute Gasteiger partial charge is 0.180 e. The molecule has 0 fully saturated rings. The maximum Gasteiger partial charge on any atom is 0.180 e. The van der Waals surface area contributed by atoms with Gasteiger partial charge in [0.25, 0.3) is 0 Å². The van der Waals surface area contributed by atoms with Crippen LogP contribution in [0, 0.1) is 0 Å². The van der Waals surface area contributed by atoms with E-state index < -0.39 is 0 Å². The van der Waals surface area contributed by atoms with Crippen LogP contribution in [-0.2, 0) is 0 Å². The van der Waals surface area contributed by atoms with Gasteiger partial charge in [0.05, 0.1) is 11.9 Å². The molecule has 0 saturated heterocycles. The lowest BCUT2D eigenvalue weighted by Crippen LogP contribution is -2.04. The molecule has 0 aliphatic carbocycles. The second-order valence-corrected chi connectivity index (χ2v) is 3.41. The molecule has 2 heterocycles. The van der Waals surface area contributed by atoms with Crippen LogP contribution in [0.2, 0.25) is 0 Å². The molecule has 0 bridgehead atoms. The van der Waals surface area contributed by atoms with E-state index in [1.807, 2.05) is 6.07 Å². The Kier molecular flexibility index (Phi) is 2.35. The number of aromatic nitrogens is 2. The van der Waals surface area contributed by atoms with E-state index >= 15 is 0 Å². The summed E-state index contributed by atoms with van der Waals surface area (Å²) in [6, 6.07) is 1.87. The maximum absolute atomic E-state index is 5.24. The van der Waals surface area contributed by atoms with Crippen LogP contribution in [0.1, 0.15) is 37.1 Å². The Morgan fingerprint density at radius 2 is 2.14 bits per heavy atom. The van der Waals surface area contributed by atoms with Crippen molar-refractivity contribution < 1.29 is 8.94 Å². The van der Waals surface area contributed by atoms with Crippen LogP contribution in [0.5, 0.6) is 0 Å². The van der Waals surface area contributed by atoms with Gasteiger partial charge in [-0.2, -0.15) is 0 Å². The molecule has 2 aromatic rings. The SMILES string of the molecule is CC(c1ccon1)C(C)c1cnco1. The first kappa shape index (κ1) is 8.99. The molecular formula is C10H12N2O2. The van der Waals surface area contributed by atoms with Gasteiger partial charge >= 0.3 is 0 Å². The number of hydrogen-bond acceptors (Lipinski definition) is 4. The monoisotopic (exact) mass is 192 g/mol. The molecule has 0 saturated carbocycles. The zero-order valence-corrected chi connectivity index (χ0v) is 8.18. The first-order valence-corrected chi connectivity index (χ1v) is 4.57. The maximum atomic E-state index is 5.24. The Bertz CT molecular complexity index is 328. The van der Waals surface area contributed by atoms with E-state index in [2.05, 4.69) is 24.0 Å². The Labute approximate surface area is 81.9 Å². The Morgan fingerprint density at radius 1 is 1.29 bits per heavy atom. The van der Waals surface area contributed by atoms with Gasteiger partial charge in [-0.05, 0) is 0 Å². The van der Waals surface area contributed by atoms with Crippen molar-refractivity contribution in [2.75, 3.05) is 0 Å². The van der Waals surface area contributed by atoms with Crippen molar-refractivity contribution >= 4 is 0 Å². The molecule has 0 amide bonds. The van der Waals surface area contributed by atoms with Gasteiger partial charge in [-0.3, -0.25) is 0 Å². The first-order chi connectivity index (χ1) is 6.79. The second-order valence-electron chi connectivity index (χ2n) is 3.41. The molecule has 2 rings (SSSR count). The van der Waals surface area contributed by atoms with Crippen LogP contribution >= 0.6 is 0 Å². The number of hydrogen-bond donors (Lipinski definition) is 0. The van der Waals surface area contributed by atoms with Crippen molar-refractivity contribution in [3.05, 3.63) is 36.4 Å². The summed E-state index contributed by atoms with van der Waals surface area (Å²) in [5, 5.41) is 3.91. The molecule has 4 nitrogen and oxygen atoms in total. The van der Waals surface area contributed by atoms with E-state index in [1.54, 1.807) is 12.5 Å². The summed E-state index contributed by atoms with van der Waals surface area (Å²) in [6.45, 7) is 4.17. The molecule has 2 aromatic heterocycles. The average Bonchev–Trinajstić information content (AvgIpc) is 2.87. The largest absolute Gasteiger partial charge is 0.448 e. The lowest BCUT2D eigenvalue weighted by Gasteiger charge is -2.13. The predicted molar refractivity (Wildman–Crippen MR) is 49.8 cm³/mol. The summed E-state index contributed by atoms with van der Waals surface area (Å²) in [5.74, 6) is 1.39. The molecule has 2 unspecified atom stereocenters. The molecule has 74 valence electrons. The molecular weight excluding hydrogens is 180 g/mol. The van der Waals surface area contributed by atoms with Crippen molar-refractivity contribution in [2.45, 2.75) is 25.7 Å². The average molecular weight is 192 g/mol. The van der Waals surface area contributed by atoms with Gasteiger partial charge in [0.15, 0.2) is 6.39 Å². The quantitative estimate of drug-likeness (QED) is 0.749. The summed E-state index contributed by atoms with van der Waals surface area (Å²) in [6.07, 6.45) is 4.77. The van der Waals surface area contributed by atoms with Crippen LogP contribution in [0.25, 0.3) is 0 Å². The van der Waals surface area contributed by atoms with E-state index in [1.165, 1.54) is 6.39 Å². The van der Waals surface area contributed by atoms with Gasteiger partial charge < -0.3 is 8.94 Å². The minimum atomic E-state index is 0.252. The van der Waals surface area contributed by atoms with E-state index in [-0.39, 0.29) is 11.8 Å². The first-order valence-electron chi connectivity index (χ1n) is 4.57. The highest BCUT2D eigenvalue weighted by molar-refractivity contribution is 5.12. The zero-order chi connectivity index (χ0) is 9.97. The van der Waals surface area contributed by atoms with Gasteiger partial charge in [-0.15, -0.1) is 0 Å². The molecule has 2 atom stereocenters. The highest BCUT2D eigenvalue weighted by Crippen LogP contribution is 2.30. The van der Waals surface area contributed by atoms with Crippen molar-refractivity contribution in [1.82, 2.24) is 10.1 Å². The lowest BCUT2D eigenvalue weighted by molar-refractivity contribution is 0.391. The predicted octanol–water partition coefficient (Wildman–Crippen LogP) is 2.57. The summed E-state index contributed by atoms with van der Waals surface area (Å²) in [4.78, 5) is 3.90. The van der Waals surface area contributed by atoms with Crippen LogP contribution in [0.3, 0.4) is 0 Å². The number of rotatable bonds is 3. The molecule has 0 radical (unpaired) electrons. The molecule has 0 aromatic carbocycles. The van der Waals surface area contributed by atoms with Crippen LogP contribution < -0.4 is 0 Å². The number of oxazole rings is 1.